The molecule has 0 radical (unpaired) electrons. The second-order valence-electron chi connectivity index (χ2n) is 12.5. The lowest BCUT2D eigenvalue weighted by atomic mass is 10.0. The van der Waals surface area contributed by atoms with Crippen molar-refractivity contribution in [3.05, 3.63) is 54.1 Å². The van der Waals surface area contributed by atoms with Gasteiger partial charge in [-0.2, -0.15) is 0 Å². The van der Waals surface area contributed by atoms with Crippen molar-refractivity contribution in [2.45, 2.75) is 187 Å². The van der Waals surface area contributed by atoms with Gasteiger partial charge in [0.1, 0.15) is 12.4 Å². The number of hydrogen-bond donors (Lipinski definition) is 0. The molecule has 0 bridgehead atoms. The molecular weight excluding hydrogens is 484 g/mol. The quantitative estimate of drug-likeness (QED) is 0.0734. The van der Waals surface area contributed by atoms with Gasteiger partial charge in [0.25, 0.3) is 5.82 Å². The zero-order chi connectivity index (χ0) is 28.4. The van der Waals surface area contributed by atoms with Crippen LogP contribution in [-0.2, 0) is 25.9 Å². The molecule has 0 spiro atoms. The van der Waals surface area contributed by atoms with Crippen LogP contribution in [0, 0.1) is 0 Å². The third kappa shape index (κ3) is 17.3. The van der Waals surface area contributed by atoms with Gasteiger partial charge in [-0.05, 0) is 37.7 Å². The average Bonchev–Trinajstić information content (AvgIpc) is 3.36. The summed E-state index contributed by atoms with van der Waals surface area (Å²) in [5.41, 5.74) is 1.47. The average molecular weight is 552 g/mol. The lowest BCUT2D eigenvalue weighted by Crippen LogP contribution is -2.37. The standard InChI is InChI=1S/C38H67N2/c1-3-5-7-9-11-13-15-17-19-21-26-32-38-39(33-27-22-20-18-16-14-12-10-8-6-4-2)35-36-40(38)34-28-31-37-29-24-23-25-30-37/h23-25,29-30,35-36H,3-22,26-28,31-34H2,1-2H3/q+1. The second kappa shape index (κ2) is 25.2. The summed E-state index contributed by atoms with van der Waals surface area (Å²) in [7, 11) is 0. The lowest BCUT2D eigenvalue weighted by Gasteiger charge is -2.07. The van der Waals surface area contributed by atoms with Crippen LogP contribution in [0.3, 0.4) is 0 Å². The van der Waals surface area contributed by atoms with Crippen molar-refractivity contribution in [2.75, 3.05) is 0 Å². The molecule has 0 saturated carbocycles. The van der Waals surface area contributed by atoms with Crippen LogP contribution in [0.2, 0.25) is 0 Å². The zero-order valence-electron chi connectivity index (χ0n) is 27.0. The molecule has 0 unspecified atom stereocenters. The van der Waals surface area contributed by atoms with Crippen LogP contribution < -0.4 is 4.57 Å². The van der Waals surface area contributed by atoms with Crippen LogP contribution in [0.1, 0.15) is 173 Å². The summed E-state index contributed by atoms with van der Waals surface area (Å²) in [5.74, 6) is 1.58. The topological polar surface area (TPSA) is 8.81 Å². The van der Waals surface area contributed by atoms with Gasteiger partial charge in [0, 0.05) is 6.42 Å². The number of unbranched alkanes of at least 4 members (excludes halogenated alkanes) is 20. The maximum Gasteiger partial charge on any atom is 0.256 e. The summed E-state index contributed by atoms with van der Waals surface area (Å²) in [6, 6.07) is 11.0. The van der Waals surface area contributed by atoms with E-state index in [1.807, 2.05) is 0 Å². The molecule has 0 N–H and O–H groups in total. The normalized spacial score (nSPS) is 11.4. The molecule has 0 atom stereocenters. The fraction of sp³-hybridized carbons (Fsp3) is 0.763. The van der Waals surface area contributed by atoms with Crippen LogP contribution in [0.4, 0.5) is 0 Å². The summed E-state index contributed by atoms with van der Waals surface area (Å²) in [6.07, 6.45) is 39.6. The van der Waals surface area contributed by atoms with E-state index >= 15 is 0 Å². The van der Waals surface area contributed by atoms with E-state index < -0.39 is 0 Å². The van der Waals surface area contributed by atoms with Crippen LogP contribution in [0.15, 0.2) is 42.7 Å². The van der Waals surface area contributed by atoms with Crippen LogP contribution in [-0.4, -0.2) is 4.57 Å². The zero-order valence-corrected chi connectivity index (χ0v) is 27.0. The number of nitrogens with zero attached hydrogens (tertiary/aromatic N) is 2. The minimum absolute atomic E-state index is 1.15. The SMILES string of the molecule is CCCCCCCCCCCCCc1n(CCCCCCCCCCCCC)cc[n+]1CCCc1ccccc1. The summed E-state index contributed by atoms with van der Waals surface area (Å²) in [6.45, 7) is 6.96. The smallest absolute Gasteiger partial charge is 0.234 e. The van der Waals surface area contributed by atoms with Gasteiger partial charge in [-0.25, -0.2) is 9.13 Å². The second-order valence-corrected chi connectivity index (χ2v) is 12.5. The minimum atomic E-state index is 1.15. The molecular formula is C38H67N2+. The predicted octanol–water partition coefficient (Wildman–Crippen LogP) is 11.6. The molecule has 40 heavy (non-hydrogen) atoms. The number of benzene rings is 1. The number of hydrogen-bond acceptors (Lipinski definition) is 0. The van der Waals surface area contributed by atoms with Gasteiger partial charge in [0.15, 0.2) is 0 Å². The van der Waals surface area contributed by atoms with E-state index in [2.05, 4.69) is 65.7 Å². The van der Waals surface area contributed by atoms with Crippen molar-refractivity contribution in [2.24, 2.45) is 0 Å². The summed E-state index contributed by atoms with van der Waals surface area (Å²) < 4.78 is 5.18. The Balaban J connectivity index is 1.67. The highest BCUT2D eigenvalue weighted by Crippen LogP contribution is 2.15. The minimum Gasteiger partial charge on any atom is -0.234 e. The number of rotatable bonds is 28. The van der Waals surface area contributed by atoms with E-state index in [0.717, 1.165) is 6.54 Å². The van der Waals surface area contributed by atoms with E-state index in [9.17, 15) is 0 Å². The van der Waals surface area contributed by atoms with Gasteiger partial charge in [-0.15, -0.1) is 0 Å². The molecule has 2 heteroatoms. The van der Waals surface area contributed by atoms with Crippen molar-refractivity contribution < 1.29 is 4.57 Å². The van der Waals surface area contributed by atoms with Crippen molar-refractivity contribution >= 4 is 0 Å². The first-order chi connectivity index (χ1) is 19.8. The maximum absolute atomic E-state index is 2.60. The Labute approximate surface area is 250 Å². The number of aryl methyl sites for hydroxylation is 3. The molecule has 228 valence electrons. The van der Waals surface area contributed by atoms with E-state index in [4.69, 9.17) is 0 Å². The number of aromatic nitrogens is 2. The monoisotopic (exact) mass is 552 g/mol. The predicted molar refractivity (Wildman–Crippen MR) is 176 cm³/mol. The lowest BCUT2D eigenvalue weighted by molar-refractivity contribution is -0.704. The third-order valence-corrected chi connectivity index (χ3v) is 8.80. The first-order valence-corrected chi connectivity index (χ1v) is 18.0. The van der Waals surface area contributed by atoms with Crippen LogP contribution >= 0.6 is 0 Å². The molecule has 1 aromatic heterocycles. The van der Waals surface area contributed by atoms with E-state index in [-0.39, 0.29) is 0 Å². The largest absolute Gasteiger partial charge is 0.256 e. The highest BCUT2D eigenvalue weighted by atomic mass is 15.1. The Hall–Kier alpha value is -1.57. The van der Waals surface area contributed by atoms with Gasteiger partial charge in [0.2, 0.25) is 0 Å². The highest BCUT2D eigenvalue weighted by Gasteiger charge is 2.16. The molecule has 2 rings (SSSR count). The van der Waals surface area contributed by atoms with Crippen LogP contribution in [0.5, 0.6) is 0 Å². The molecule has 0 fully saturated rings. The summed E-state index contributed by atoms with van der Waals surface area (Å²) in [4.78, 5) is 0. The van der Waals surface area contributed by atoms with Crippen molar-refractivity contribution in [3.8, 4) is 0 Å². The highest BCUT2D eigenvalue weighted by molar-refractivity contribution is 5.14. The van der Waals surface area contributed by atoms with Gasteiger partial charge in [-0.3, -0.25) is 0 Å². The Morgan fingerprint density at radius 3 is 1.50 bits per heavy atom. The molecule has 0 aliphatic carbocycles. The molecule has 2 aromatic rings. The van der Waals surface area contributed by atoms with Gasteiger partial charge in [-0.1, -0.05) is 166 Å². The Bertz CT molecular complexity index is 793. The number of imidazole rings is 1. The van der Waals surface area contributed by atoms with Gasteiger partial charge in [0.05, 0.1) is 13.1 Å². The van der Waals surface area contributed by atoms with Gasteiger partial charge >= 0.3 is 0 Å². The van der Waals surface area contributed by atoms with Crippen molar-refractivity contribution in [3.63, 3.8) is 0 Å². The van der Waals surface area contributed by atoms with Crippen molar-refractivity contribution in [1.29, 1.82) is 0 Å². The van der Waals surface area contributed by atoms with E-state index in [1.54, 1.807) is 5.82 Å². The fourth-order valence-electron chi connectivity index (χ4n) is 6.18. The third-order valence-electron chi connectivity index (χ3n) is 8.80. The first kappa shape index (κ1) is 34.6. The molecule has 1 aromatic carbocycles. The fourth-order valence-corrected chi connectivity index (χ4v) is 6.18. The van der Waals surface area contributed by atoms with E-state index in [0.29, 0.717) is 0 Å². The Kier molecular flexibility index (Phi) is 21.8. The summed E-state index contributed by atoms with van der Waals surface area (Å²) >= 11 is 0. The molecule has 2 nitrogen and oxygen atoms in total. The molecule has 1 heterocycles. The Morgan fingerprint density at radius 1 is 0.500 bits per heavy atom. The Morgan fingerprint density at radius 2 is 0.975 bits per heavy atom. The molecule has 0 amide bonds. The summed E-state index contributed by atoms with van der Waals surface area (Å²) in [5, 5.41) is 0. The van der Waals surface area contributed by atoms with Crippen molar-refractivity contribution in [1.82, 2.24) is 4.57 Å². The van der Waals surface area contributed by atoms with Crippen LogP contribution in [0.25, 0.3) is 0 Å². The molecule has 0 aliphatic rings. The molecule has 0 aliphatic heterocycles. The van der Waals surface area contributed by atoms with E-state index in [1.165, 1.54) is 173 Å². The van der Waals surface area contributed by atoms with Gasteiger partial charge < -0.3 is 0 Å². The maximum atomic E-state index is 2.60. The first-order valence-electron chi connectivity index (χ1n) is 18.0. The molecule has 0 saturated heterocycles.